The van der Waals surface area contributed by atoms with Crippen molar-refractivity contribution in [2.24, 2.45) is 5.41 Å². The summed E-state index contributed by atoms with van der Waals surface area (Å²) < 4.78 is 55.4. The van der Waals surface area contributed by atoms with Crippen LogP contribution in [-0.2, 0) is 11.3 Å². The fourth-order valence-corrected chi connectivity index (χ4v) is 7.03. The predicted molar refractivity (Wildman–Crippen MR) is 187 cm³/mol. The first kappa shape index (κ1) is 32.8. The highest BCUT2D eigenvalue weighted by Crippen LogP contribution is 2.43. The fourth-order valence-electron chi connectivity index (χ4n) is 6.29. The number of hydrogen-bond acceptors (Lipinski definition) is 6. The van der Waals surface area contributed by atoms with E-state index in [4.69, 9.17) is 9.47 Å². The highest BCUT2D eigenvalue weighted by molar-refractivity contribution is 14.1. The van der Waals surface area contributed by atoms with Crippen LogP contribution in [0.2, 0.25) is 0 Å². The average molecular weight is 758 g/mol. The lowest BCUT2D eigenvalue weighted by molar-refractivity contribution is -0.140. The summed E-state index contributed by atoms with van der Waals surface area (Å²) in [5.41, 5.74) is 4.97. The van der Waals surface area contributed by atoms with Crippen molar-refractivity contribution in [2.45, 2.75) is 25.6 Å². The number of alkyl halides is 3. The van der Waals surface area contributed by atoms with Crippen LogP contribution < -0.4 is 23.4 Å². The highest BCUT2D eigenvalue weighted by atomic mass is 127. The highest BCUT2D eigenvalue weighted by Gasteiger charge is 2.43. The first-order chi connectivity index (χ1) is 22.6. The summed E-state index contributed by atoms with van der Waals surface area (Å²) in [7, 11) is 3.04. The molecule has 0 bridgehead atoms. The van der Waals surface area contributed by atoms with Gasteiger partial charge in [-0.1, -0.05) is 12.0 Å². The van der Waals surface area contributed by atoms with Crippen LogP contribution in [0.25, 0.3) is 10.9 Å². The van der Waals surface area contributed by atoms with E-state index in [1.807, 2.05) is 21.3 Å². The number of nitrogens with one attached hydrogen (secondary N) is 2. The number of nitrogens with zero attached hydrogens (tertiary/aromatic N) is 3. The minimum atomic E-state index is -4.43. The topological polar surface area (TPSA) is 71.0 Å². The van der Waals surface area contributed by atoms with Crippen molar-refractivity contribution in [1.29, 1.82) is 0 Å². The van der Waals surface area contributed by atoms with Gasteiger partial charge in [-0.3, -0.25) is 7.91 Å². The van der Waals surface area contributed by atoms with E-state index in [0.29, 0.717) is 33.3 Å². The van der Waals surface area contributed by atoms with Crippen LogP contribution >= 0.6 is 22.9 Å². The minimum absolute atomic E-state index is 0.146. The Morgan fingerprint density at radius 2 is 1.83 bits per heavy atom. The van der Waals surface area contributed by atoms with Gasteiger partial charge in [-0.15, -0.1) is 0 Å². The van der Waals surface area contributed by atoms with Crippen molar-refractivity contribution in [2.75, 3.05) is 60.3 Å². The third-order valence-corrected chi connectivity index (χ3v) is 9.87. The monoisotopic (exact) mass is 757 g/mol. The van der Waals surface area contributed by atoms with E-state index in [1.165, 1.54) is 11.7 Å². The molecule has 1 spiro atoms. The van der Waals surface area contributed by atoms with E-state index in [0.717, 1.165) is 56.2 Å². The molecule has 0 unspecified atom stereocenters. The Balaban J connectivity index is 1.22. The molecule has 2 aliphatic rings. The van der Waals surface area contributed by atoms with E-state index in [2.05, 4.69) is 62.4 Å². The molecule has 12 heteroatoms. The third-order valence-electron chi connectivity index (χ3n) is 8.79. The molecule has 0 radical (unpaired) electrons. The zero-order valence-electron chi connectivity index (χ0n) is 26.1. The lowest BCUT2D eigenvalue weighted by Gasteiger charge is -2.53. The Hall–Kier alpha value is -4.09. The number of rotatable bonds is 8. The van der Waals surface area contributed by atoms with Crippen LogP contribution in [0.4, 0.5) is 35.9 Å². The van der Waals surface area contributed by atoms with Gasteiger partial charge < -0.3 is 29.6 Å². The van der Waals surface area contributed by atoms with Gasteiger partial charge in [-0.25, -0.2) is 0 Å². The van der Waals surface area contributed by atoms with Gasteiger partial charge in [0.05, 0.1) is 64.8 Å². The summed E-state index contributed by atoms with van der Waals surface area (Å²) in [5, 5.41) is 6.36. The third kappa shape index (κ3) is 7.11. The summed E-state index contributed by atoms with van der Waals surface area (Å²) >= 11 is 2.20. The molecule has 0 aliphatic carbocycles. The molecule has 1 aromatic heterocycles. The second kappa shape index (κ2) is 13.6. The lowest BCUT2D eigenvalue weighted by Crippen LogP contribution is -2.58. The molecular weight excluding hydrogens is 722 g/mol. The molecule has 3 aromatic carbocycles. The second-order valence-electron chi connectivity index (χ2n) is 11.9. The molecule has 2 saturated heterocycles. The smallest absolute Gasteiger partial charge is 0.406 e. The van der Waals surface area contributed by atoms with Crippen LogP contribution in [0.5, 0.6) is 5.75 Å². The molecule has 47 heavy (non-hydrogen) atoms. The van der Waals surface area contributed by atoms with Gasteiger partial charge in [-0.05, 0) is 79.4 Å². The number of carbonyl (C=O) groups excluding carboxylic acids is 1. The molecule has 2 fully saturated rings. The molecule has 246 valence electrons. The molecule has 2 N–H and O–H groups in total. The molecule has 0 atom stereocenters. The maximum absolute atomic E-state index is 13.8. The van der Waals surface area contributed by atoms with Crippen molar-refractivity contribution < 1.29 is 27.4 Å². The lowest BCUT2D eigenvalue weighted by atomic mass is 9.73. The number of halogens is 4. The first-order valence-corrected chi connectivity index (χ1v) is 16.3. The normalized spacial score (nSPS) is 15.5. The Labute approximate surface area is 285 Å². The van der Waals surface area contributed by atoms with Gasteiger partial charge in [-0.2, -0.15) is 13.2 Å². The quantitative estimate of drug-likeness (QED) is 0.113. The molecule has 4 aromatic rings. The molecule has 1 amide bonds. The fraction of sp³-hybridized carbons (Fsp3) is 0.343. The van der Waals surface area contributed by atoms with E-state index >= 15 is 0 Å². The zero-order chi connectivity index (χ0) is 33.2. The maximum atomic E-state index is 13.8. The van der Waals surface area contributed by atoms with Gasteiger partial charge in [0.15, 0.2) is 0 Å². The minimum Gasteiger partial charge on any atom is -0.495 e. The number of anilines is 4. The largest absolute Gasteiger partial charge is 0.495 e. The number of hydrogen-bond donors (Lipinski definition) is 2. The van der Waals surface area contributed by atoms with Crippen molar-refractivity contribution in [3.63, 3.8) is 0 Å². The van der Waals surface area contributed by atoms with Gasteiger partial charge in [0, 0.05) is 55.4 Å². The Kier molecular flexibility index (Phi) is 9.48. The summed E-state index contributed by atoms with van der Waals surface area (Å²) in [4.78, 5) is 14.4. The van der Waals surface area contributed by atoms with Crippen molar-refractivity contribution in [3.05, 3.63) is 78.0 Å². The van der Waals surface area contributed by atoms with E-state index < -0.39 is 12.7 Å². The summed E-state index contributed by atoms with van der Waals surface area (Å²) in [5.74, 6) is 6.11. The predicted octanol–water partition coefficient (Wildman–Crippen LogP) is 7.14. The molecule has 2 aliphatic heterocycles. The number of methoxy groups -OCH3 is 1. The Morgan fingerprint density at radius 3 is 2.51 bits per heavy atom. The van der Waals surface area contributed by atoms with Crippen LogP contribution in [-0.4, -0.2) is 63.7 Å². The number of fused-ring (bicyclic) bond motifs is 1. The van der Waals surface area contributed by atoms with Crippen LogP contribution in [0.1, 0.15) is 28.9 Å². The number of aromatic nitrogens is 1. The molecule has 3 heterocycles. The zero-order valence-corrected chi connectivity index (χ0v) is 28.2. The van der Waals surface area contributed by atoms with Crippen molar-refractivity contribution in [1.82, 2.24) is 9.88 Å². The van der Waals surface area contributed by atoms with Crippen LogP contribution in [0.15, 0.2) is 66.7 Å². The average Bonchev–Trinajstić information content (AvgIpc) is 3.40. The van der Waals surface area contributed by atoms with Crippen molar-refractivity contribution >= 4 is 62.4 Å². The maximum Gasteiger partial charge on any atom is 0.406 e. The van der Waals surface area contributed by atoms with Crippen LogP contribution in [0.3, 0.4) is 0 Å². The van der Waals surface area contributed by atoms with E-state index in [9.17, 15) is 18.0 Å². The van der Waals surface area contributed by atoms with Gasteiger partial charge in [0.2, 0.25) is 0 Å². The molecule has 6 rings (SSSR count). The first-order valence-electron chi connectivity index (χ1n) is 15.3. The Bertz CT molecular complexity index is 1820. The number of ether oxygens (including phenoxy) is 2. The molecular formula is C35H35F3IN5O3. The summed E-state index contributed by atoms with van der Waals surface area (Å²) in [6, 6.07) is 20.3. The molecule has 0 saturated carbocycles. The van der Waals surface area contributed by atoms with E-state index in [-0.39, 0.29) is 18.1 Å². The number of benzene rings is 3. The Morgan fingerprint density at radius 1 is 1.09 bits per heavy atom. The van der Waals surface area contributed by atoms with Gasteiger partial charge >= 0.3 is 6.18 Å². The molecule has 8 nitrogen and oxygen atoms in total. The van der Waals surface area contributed by atoms with Crippen LogP contribution in [0, 0.1) is 17.3 Å². The van der Waals surface area contributed by atoms with Gasteiger partial charge in [0.1, 0.15) is 12.3 Å². The SMILES string of the molecule is CNC(=O)c1ccc(NCC#Cc2cc3c(N(I)c4ccc(N5CC6(CCOCC6)C5)cc4)cccc3n2CC(F)(F)F)c(OC)c1. The standard InChI is InChI=1S/C35H35F3IN5O3/c1-40-33(45)24-8-13-29(32(19-24)46-2)41-16-4-5-27-20-28-30(43(27)23-35(36,37)38)6-3-7-31(28)44(39)26-11-9-25(10-12-26)42-21-34(22-42)14-17-47-18-15-34/h3,6-13,19-20,41H,14-18,21-23H2,1-2H3,(H,40,45). The second-order valence-corrected chi connectivity index (χ2v) is 12.8. The van der Waals surface area contributed by atoms with Crippen molar-refractivity contribution in [3.8, 4) is 17.6 Å². The van der Waals surface area contributed by atoms with Gasteiger partial charge in [0.25, 0.3) is 5.91 Å². The number of amides is 1. The van der Waals surface area contributed by atoms with E-state index in [1.54, 1.807) is 43.4 Å². The summed E-state index contributed by atoms with van der Waals surface area (Å²) in [6.07, 6.45) is -2.23. The summed E-state index contributed by atoms with van der Waals surface area (Å²) in [6.45, 7) is 2.72. The number of carbonyl (C=O) groups is 1.